The molecule has 0 spiro atoms. The lowest BCUT2D eigenvalue weighted by molar-refractivity contribution is -0.924. The van der Waals surface area contributed by atoms with E-state index in [9.17, 15) is 38.4 Å². The number of thioether (sulfide) groups is 8. The van der Waals surface area contributed by atoms with E-state index in [4.69, 9.17) is 0 Å². The van der Waals surface area contributed by atoms with E-state index >= 15 is 0 Å². The zero-order chi connectivity index (χ0) is 99.1. The first-order valence-corrected chi connectivity index (χ1v) is 59.8. The van der Waals surface area contributed by atoms with Crippen LogP contribution in [0, 0.1) is 11.8 Å². The van der Waals surface area contributed by atoms with Crippen molar-refractivity contribution in [2.45, 2.75) is 354 Å². The first-order valence-electron chi connectivity index (χ1n) is 52.0. The van der Waals surface area contributed by atoms with Gasteiger partial charge in [0.05, 0.1) is 258 Å². The van der Waals surface area contributed by atoms with Crippen LogP contribution in [0.4, 0.5) is 0 Å². The molecule has 0 fully saturated rings. The third-order valence-electron chi connectivity index (χ3n) is 24.4. The quantitative estimate of drug-likeness (QED) is 0.0534. The van der Waals surface area contributed by atoms with Crippen molar-refractivity contribution in [2.75, 3.05) is 258 Å². The molecular formula is C103H222N8O8S8+8. The molecule has 0 rings (SSSR count). The molecule has 1 atom stereocenters. The molecule has 0 aromatic heterocycles. The highest BCUT2D eigenvalue weighted by molar-refractivity contribution is 8.15. The fourth-order valence-electron chi connectivity index (χ4n) is 14.8. The monoisotopic (exact) mass is 1960 g/mol. The topological polar surface area (TPSA) is 137 Å². The summed E-state index contributed by atoms with van der Waals surface area (Å²) in [5, 5.41) is 2.89. The van der Waals surface area contributed by atoms with Gasteiger partial charge in [-0.1, -0.05) is 251 Å². The van der Waals surface area contributed by atoms with Crippen LogP contribution in [0.25, 0.3) is 0 Å². The van der Waals surface area contributed by atoms with Gasteiger partial charge in [0.1, 0.15) is 0 Å². The maximum absolute atomic E-state index is 11.7. The number of unbranched alkanes of at least 4 members (excludes halogenated alkanes) is 5. The Hall–Kier alpha value is -0.160. The third kappa shape index (κ3) is 87.1. The second kappa shape index (κ2) is 93.5. The molecule has 0 bridgehead atoms. The van der Waals surface area contributed by atoms with E-state index in [2.05, 4.69) is 208 Å². The minimum absolute atomic E-state index is 0.168. The molecule has 0 aromatic rings. The highest BCUT2D eigenvalue weighted by atomic mass is 32.2. The summed E-state index contributed by atoms with van der Waals surface area (Å²) < 4.78 is 8.94. The number of carbonyl (C=O) groups is 8. The Morgan fingerprint density at radius 1 is 0.181 bits per heavy atom. The van der Waals surface area contributed by atoms with Crippen LogP contribution in [0.15, 0.2) is 0 Å². The molecule has 0 saturated carbocycles. The van der Waals surface area contributed by atoms with Gasteiger partial charge in [-0.25, -0.2) is 0 Å². The summed E-state index contributed by atoms with van der Waals surface area (Å²) in [6.07, 6.45) is 26.3. The lowest BCUT2D eigenvalue weighted by Gasteiger charge is -2.37. The normalized spacial score (nSPS) is 12.2. The molecule has 0 aromatic carbocycles. The average Bonchev–Trinajstić information content (AvgIpc) is 0.912. The predicted molar refractivity (Wildman–Crippen MR) is 585 cm³/mol. The molecule has 0 saturated heterocycles. The summed E-state index contributed by atoms with van der Waals surface area (Å²) >= 11 is 12.2. The van der Waals surface area contributed by atoms with Crippen LogP contribution in [0.5, 0.6) is 0 Å². The number of carbonyl (C=O) groups excluding carboxylic acids is 8. The molecule has 0 aliphatic heterocycles. The van der Waals surface area contributed by atoms with Crippen LogP contribution in [-0.4, -0.2) is 335 Å². The first-order chi connectivity index (χ1) is 60.0. The van der Waals surface area contributed by atoms with Crippen LogP contribution >= 0.6 is 94.1 Å². The van der Waals surface area contributed by atoms with Crippen molar-refractivity contribution in [3.63, 3.8) is 0 Å². The van der Waals surface area contributed by atoms with Gasteiger partial charge in [0.2, 0.25) is 0 Å². The summed E-state index contributed by atoms with van der Waals surface area (Å²) in [7, 11) is 12.9. The number of rotatable bonds is 69. The first kappa shape index (κ1) is 142. The van der Waals surface area contributed by atoms with Crippen LogP contribution in [-0.2, 0) is 38.4 Å². The standard InChI is InChI=1S/C16H34NOS.C15H32NOS.2C14H30NOS.C13H28NOS.C12H26NOS.C10H22NOS.C9H20NOS/c1-5-9-11-16(18)19-15-14-17(8-4,12-7-3)13-10-6-2;1-5-9-10-15(17)18-14-13-16(8-4,11-6-2)12-7-3;2*1-5-9-14(16)17-13-12-15(8-4,10-6-2)11-7-3;1-5-9-10-13(15)16-12-11-14(6-2,7-3)8-4;1-6-13(7-2,8-3)9-10-15-12(14)11(4)5;1-5-6-7-10(12)13-9-8-11(2,3)4;1-8(2)9(11)12-7-6-10(3,4)5/h5-15H2,1-4H3;5-14H2,1-4H3;2*5-13H2,1-4H3;5-12H2,1-4H3;11H,6-10H2,1-5H3;5-9H2,1-4H3;8H,6-7H2,1-5H3/q8*+1. The molecule has 0 aliphatic carbocycles. The van der Waals surface area contributed by atoms with Gasteiger partial charge >= 0.3 is 0 Å². The fraction of sp³-hybridized carbons (Fsp3) is 0.922. The zero-order valence-corrected chi connectivity index (χ0v) is 97.5. The summed E-state index contributed by atoms with van der Waals surface area (Å²) in [5.74, 6) is 8.15. The Kier molecular flexibility index (Phi) is 105. The van der Waals surface area contributed by atoms with Crippen LogP contribution < -0.4 is 0 Å². The van der Waals surface area contributed by atoms with Gasteiger partial charge in [-0.15, -0.1) is 0 Å². The maximum atomic E-state index is 11.7. The molecule has 16 nitrogen and oxygen atoms in total. The number of hydrogen-bond acceptors (Lipinski definition) is 16. The second-order valence-electron chi connectivity index (χ2n) is 37.6. The van der Waals surface area contributed by atoms with Crippen molar-refractivity contribution in [2.24, 2.45) is 11.8 Å². The zero-order valence-electron chi connectivity index (χ0n) is 91.0. The van der Waals surface area contributed by atoms with Crippen LogP contribution in [0.3, 0.4) is 0 Å². The van der Waals surface area contributed by atoms with Crippen molar-refractivity contribution < 1.29 is 74.2 Å². The molecule has 0 amide bonds. The highest BCUT2D eigenvalue weighted by Crippen LogP contribution is 2.23. The predicted octanol–water partition coefficient (Wildman–Crippen LogP) is 25.8. The largest absolute Gasteiger partial charge is 0.330 e. The Bertz CT molecular complexity index is 2480. The molecule has 0 heterocycles. The van der Waals surface area contributed by atoms with Crippen molar-refractivity contribution >= 4 is 135 Å². The fourth-order valence-corrected chi connectivity index (χ4v) is 23.2. The minimum Gasteiger partial charge on any atom is -0.330 e. The number of hydrogen-bond donors (Lipinski definition) is 0. The van der Waals surface area contributed by atoms with Gasteiger partial charge in [-0.05, 0) is 159 Å². The summed E-state index contributed by atoms with van der Waals surface area (Å²) in [6.45, 7) is 92.1. The van der Waals surface area contributed by atoms with E-state index in [0.717, 1.165) is 219 Å². The molecule has 762 valence electrons. The molecule has 127 heavy (non-hydrogen) atoms. The Balaban J connectivity index is -0.000000213. The van der Waals surface area contributed by atoms with Gasteiger partial charge < -0.3 is 35.9 Å². The Labute approximate surface area is 827 Å². The van der Waals surface area contributed by atoms with Crippen LogP contribution in [0.1, 0.15) is 354 Å². The smallest absolute Gasteiger partial charge is 0.191 e. The highest BCUT2D eigenvalue weighted by Gasteiger charge is 2.29. The Morgan fingerprint density at radius 3 is 0.512 bits per heavy atom. The molecule has 0 aliphatic rings. The summed E-state index contributed by atoms with van der Waals surface area (Å²) in [5.41, 5.74) is 0. The van der Waals surface area contributed by atoms with Gasteiger partial charge in [-0.3, -0.25) is 38.4 Å². The van der Waals surface area contributed by atoms with E-state index in [0.29, 0.717) is 40.9 Å². The third-order valence-corrected chi connectivity index (χ3v) is 32.1. The van der Waals surface area contributed by atoms with Crippen LogP contribution in [0.2, 0.25) is 0 Å². The minimum atomic E-state index is 0.168. The van der Waals surface area contributed by atoms with E-state index < -0.39 is 0 Å². The lowest BCUT2D eigenvalue weighted by Crippen LogP contribution is -2.50. The molecule has 0 radical (unpaired) electrons. The summed E-state index contributed by atoms with van der Waals surface area (Å²) in [4.78, 5) is 91.7. The summed E-state index contributed by atoms with van der Waals surface area (Å²) in [6, 6.07) is 0. The van der Waals surface area contributed by atoms with Gasteiger partial charge in [0.25, 0.3) is 0 Å². The van der Waals surface area contributed by atoms with Gasteiger partial charge in [0.15, 0.2) is 40.9 Å². The van der Waals surface area contributed by atoms with E-state index in [1.807, 2.05) is 27.7 Å². The molecule has 0 N–H and O–H groups in total. The molecule has 24 heteroatoms. The average molecular weight is 1960 g/mol. The van der Waals surface area contributed by atoms with E-state index in [-0.39, 0.29) is 11.8 Å². The Morgan fingerprint density at radius 2 is 0.346 bits per heavy atom. The molecule has 1 unspecified atom stereocenters. The molecular weight excluding hydrogens is 1730 g/mol. The lowest BCUT2D eigenvalue weighted by atomic mass is 10.2. The van der Waals surface area contributed by atoms with Crippen molar-refractivity contribution in [3.8, 4) is 0 Å². The van der Waals surface area contributed by atoms with Crippen molar-refractivity contribution in [1.82, 2.24) is 0 Å². The SMILES string of the molecule is CC(C)C(=O)SCC[N+](C)(C)C.CCCC(=O)SCC[N+](CC)(CCC)CCC.CCCC(=O)SCC[N+](CC)(CCC)CCC.CCCCC(=O)SCC[N+](C)(C)C.CCCCC(=O)SCC[N+](CC)(CC)CC.CCCCC(=O)SCC[N+](CC)(CCC)CCC.CCCCC(=O)SCC[N+](CC)(CCC)CCCC.CC[N+](CC)(CC)CCSC(=O)C(C)C. The van der Waals surface area contributed by atoms with Crippen molar-refractivity contribution in [1.29, 1.82) is 0 Å². The van der Waals surface area contributed by atoms with E-state index in [1.165, 1.54) is 241 Å². The van der Waals surface area contributed by atoms with E-state index in [1.54, 1.807) is 47.0 Å². The second-order valence-corrected chi connectivity index (χ2v) is 46.7. The maximum Gasteiger partial charge on any atom is 0.191 e. The van der Waals surface area contributed by atoms with Gasteiger partial charge in [-0.2, -0.15) is 0 Å². The van der Waals surface area contributed by atoms with Crippen molar-refractivity contribution in [3.05, 3.63) is 0 Å². The number of nitrogens with zero attached hydrogens (tertiary/aromatic N) is 8. The number of quaternary nitrogens is 8. The van der Waals surface area contributed by atoms with Gasteiger partial charge in [0, 0.05) is 50.4 Å².